The summed E-state index contributed by atoms with van der Waals surface area (Å²) in [7, 11) is 4.11. The Morgan fingerprint density at radius 1 is 1.31 bits per heavy atom. The van der Waals surface area contributed by atoms with Crippen molar-refractivity contribution in [1.29, 1.82) is 0 Å². The molecule has 0 amide bonds. The van der Waals surface area contributed by atoms with Crippen LogP contribution in [0.1, 0.15) is 39.0 Å². The van der Waals surface area contributed by atoms with Gasteiger partial charge in [0.2, 0.25) is 0 Å². The third-order valence-electron chi connectivity index (χ3n) is 5.63. The number of aliphatic imine (C=N–C) groups is 1. The van der Waals surface area contributed by atoms with E-state index in [-0.39, 0.29) is 6.10 Å². The molecule has 2 aliphatic heterocycles. The van der Waals surface area contributed by atoms with Gasteiger partial charge in [-0.2, -0.15) is 0 Å². The lowest BCUT2D eigenvalue weighted by atomic mass is 9.82. The highest BCUT2D eigenvalue weighted by molar-refractivity contribution is 6.32. The molecular formula is C20H31ClN4O. The van der Waals surface area contributed by atoms with E-state index in [1.807, 2.05) is 38.2 Å². The monoisotopic (exact) mass is 378 g/mol. The summed E-state index contributed by atoms with van der Waals surface area (Å²) in [6.07, 6.45) is 6.39. The maximum atomic E-state index is 6.16. The largest absolute Gasteiger partial charge is 0.487 e. The summed E-state index contributed by atoms with van der Waals surface area (Å²) < 4.78 is 5.92. The van der Waals surface area contributed by atoms with Gasteiger partial charge in [-0.15, -0.1) is 0 Å². The van der Waals surface area contributed by atoms with Crippen LogP contribution in [0, 0.1) is 0 Å². The fourth-order valence-electron chi connectivity index (χ4n) is 4.16. The lowest BCUT2D eigenvalue weighted by molar-refractivity contribution is 0.0526. The van der Waals surface area contributed by atoms with Crippen LogP contribution < -0.4 is 15.4 Å². The first-order valence-electron chi connectivity index (χ1n) is 9.67. The van der Waals surface area contributed by atoms with Crippen LogP contribution >= 0.6 is 11.6 Å². The molecule has 2 N–H and O–H groups in total. The summed E-state index contributed by atoms with van der Waals surface area (Å²) in [5.41, 5.74) is 0. The minimum atomic E-state index is -0.00896. The van der Waals surface area contributed by atoms with Gasteiger partial charge in [0.25, 0.3) is 0 Å². The van der Waals surface area contributed by atoms with Gasteiger partial charge >= 0.3 is 0 Å². The van der Waals surface area contributed by atoms with Crippen LogP contribution in [0.3, 0.4) is 0 Å². The molecular weight excluding hydrogens is 348 g/mol. The van der Waals surface area contributed by atoms with Gasteiger partial charge in [-0.25, -0.2) is 0 Å². The fourth-order valence-corrected chi connectivity index (χ4v) is 4.34. The number of para-hydroxylation sites is 1. The highest BCUT2D eigenvalue weighted by Crippen LogP contribution is 2.32. The van der Waals surface area contributed by atoms with Gasteiger partial charge in [-0.3, -0.25) is 4.99 Å². The highest BCUT2D eigenvalue weighted by atomic mass is 35.5. The molecule has 2 aliphatic rings. The first kappa shape index (κ1) is 19.3. The van der Waals surface area contributed by atoms with E-state index < -0.39 is 0 Å². The van der Waals surface area contributed by atoms with E-state index in [0.29, 0.717) is 29.7 Å². The number of hydrogen-bond acceptors (Lipinski definition) is 3. The van der Waals surface area contributed by atoms with Gasteiger partial charge in [0.15, 0.2) is 5.96 Å². The molecule has 6 heteroatoms. The van der Waals surface area contributed by atoms with Crippen LogP contribution in [0.4, 0.5) is 0 Å². The van der Waals surface area contributed by atoms with Crippen LogP contribution in [0.15, 0.2) is 29.3 Å². The molecule has 2 fully saturated rings. The van der Waals surface area contributed by atoms with Crippen molar-refractivity contribution in [1.82, 2.24) is 15.5 Å². The first-order valence-corrected chi connectivity index (χ1v) is 10.0. The zero-order valence-corrected chi connectivity index (χ0v) is 16.8. The number of rotatable bonds is 5. The molecule has 144 valence electrons. The predicted octanol–water partition coefficient (Wildman–Crippen LogP) is 3.29. The molecule has 0 spiro atoms. The Kier molecular flexibility index (Phi) is 6.65. The van der Waals surface area contributed by atoms with Crippen LogP contribution in [0.25, 0.3) is 0 Å². The highest BCUT2D eigenvalue weighted by Gasteiger charge is 2.36. The fraction of sp³-hybridized carbons (Fsp3) is 0.650. The Hall–Kier alpha value is -1.46. The maximum absolute atomic E-state index is 6.16. The molecule has 3 unspecified atom stereocenters. The van der Waals surface area contributed by atoms with E-state index in [1.165, 1.54) is 32.1 Å². The number of hydrogen-bond donors (Lipinski definition) is 2. The Morgan fingerprint density at radius 3 is 2.65 bits per heavy atom. The summed E-state index contributed by atoms with van der Waals surface area (Å²) in [4.78, 5) is 6.97. The smallest absolute Gasteiger partial charge is 0.191 e. The van der Waals surface area contributed by atoms with Crippen molar-refractivity contribution in [3.8, 4) is 5.75 Å². The zero-order valence-electron chi connectivity index (χ0n) is 16.0. The van der Waals surface area contributed by atoms with Gasteiger partial charge < -0.3 is 20.3 Å². The van der Waals surface area contributed by atoms with Gasteiger partial charge in [0.05, 0.1) is 11.6 Å². The lowest BCUT2D eigenvalue weighted by Gasteiger charge is -2.47. The third-order valence-corrected chi connectivity index (χ3v) is 5.94. The SMILES string of the molecule is CN=C(NCC(C)Oc1ccccc1Cl)NC1CC2CCCC(C1)N2C. The molecule has 0 radical (unpaired) electrons. The second-order valence-electron chi connectivity index (χ2n) is 7.53. The average Bonchev–Trinajstić information content (AvgIpc) is 2.61. The summed E-state index contributed by atoms with van der Waals surface area (Å²) in [6, 6.07) is 9.48. The normalized spacial score (nSPS) is 27.7. The van der Waals surface area contributed by atoms with Crippen LogP contribution in [0.5, 0.6) is 5.75 Å². The van der Waals surface area contributed by atoms with Crippen molar-refractivity contribution in [2.45, 2.75) is 63.3 Å². The van der Waals surface area contributed by atoms with E-state index >= 15 is 0 Å². The third kappa shape index (κ3) is 4.83. The molecule has 26 heavy (non-hydrogen) atoms. The molecule has 2 bridgehead atoms. The van der Waals surface area contributed by atoms with E-state index in [1.54, 1.807) is 0 Å². The Morgan fingerprint density at radius 2 is 2.00 bits per heavy atom. The molecule has 3 atom stereocenters. The molecule has 1 aromatic rings. The van der Waals surface area contributed by atoms with Gasteiger partial charge in [0.1, 0.15) is 11.9 Å². The quantitative estimate of drug-likeness (QED) is 0.609. The van der Waals surface area contributed by atoms with E-state index in [0.717, 1.165) is 11.7 Å². The molecule has 1 aromatic carbocycles. The summed E-state index contributed by atoms with van der Waals surface area (Å²) >= 11 is 6.16. The number of halogens is 1. The number of guanidine groups is 1. The van der Waals surface area contributed by atoms with E-state index in [2.05, 4.69) is 27.6 Å². The van der Waals surface area contributed by atoms with Crippen molar-refractivity contribution in [3.63, 3.8) is 0 Å². The topological polar surface area (TPSA) is 48.9 Å². The minimum absolute atomic E-state index is 0.00896. The molecule has 2 heterocycles. The van der Waals surface area contributed by atoms with Crippen LogP contribution in [-0.2, 0) is 0 Å². The number of nitrogens with one attached hydrogen (secondary N) is 2. The molecule has 5 nitrogen and oxygen atoms in total. The van der Waals surface area contributed by atoms with Crippen molar-refractivity contribution < 1.29 is 4.74 Å². The van der Waals surface area contributed by atoms with E-state index in [4.69, 9.17) is 16.3 Å². The first-order chi connectivity index (χ1) is 12.6. The average molecular weight is 379 g/mol. The molecule has 0 aromatic heterocycles. The second-order valence-corrected chi connectivity index (χ2v) is 7.94. The van der Waals surface area contributed by atoms with E-state index in [9.17, 15) is 0 Å². The molecule has 0 aliphatic carbocycles. The Balaban J connectivity index is 1.47. The summed E-state index contributed by atoms with van der Waals surface area (Å²) in [5, 5.41) is 7.64. The maximum Gasteiger partial charge on any atom is 0.191 e. The van der Waals surface area contributed by atoms with Crippen molar-refractivity contribution in [2.24, 2.45) is 4.99 Å². The number of fused-ring (bicyclic) bond motifs is 2. The molecule has 0 saturated carbocycles. The Labute approximate surface area is 162 Å². The number of nitrogens with zero attached hydrogens (tertiary/aromatic N) is 2. The Bertz CT molecular complexity index is 610. The summed E-state index contributed by atoms with van der Waals surface area (Å²) in [5.74, 6) is 1.57. The van der Waals surface area contributed by atoms with Gasteiger partial charge in [0, 0.05) is 25.2 Å². The van der Waals surface area contributed by atoms with Gasteiger partial charge in [-0.05, 0) is 51.8 Å². The van der Waals surface area contributed by atoms with Crippen molar-refractivity contribution >= 4 is 17.6 Å². The number of benzene rings is 1. The predicted molar refractivity (Wildman–Crippen MR) is 108 cm³/mol. The van der Waals surface area contributed by atoms with Gasteiger partial charge in [-0.1, -0.05) is 30.2 Å². The standard InChI is InChI=1S/C20H31ClN4O/c1-14(26-19-10-5-4-9-18(19)21)13-23-20(22-2)24-15-11-16-7-6-8-17(12-15)25(16)3/h4-5,9-10,14-17H,6-8,11-13H2,1-3H3,(H2,22,23,24). The molecule has 3 rings (SSSR count). The lowest BCUT2D eigenvalue weighted by Crippen LogP contribution is -2.57. The number of ether oxygens (including phenoxy) is 1. The second kappa shape index (κ2) is 8.96. The molecule has 2 saturated heterocycles. The van der Waals surface area contributed by atoms with Crippen molar-refractivity contribution in [3.05, 3.63) is 29.3 Å². The summed E-state index contributed by atoms with van der Waals surface area (Å²) in [6.45, 7) is 2.70. The van der Waals surface area contributed by atoms with Crippen molar-refractivity contribution in [2.75, 3.05) is 20.6 Å². The minimum Gasteiger partial charge on any atom is -0.487 e. The zero-order chi connectivity index (χ0) is 18.5. The number of piperidine rings is 2. The van der Waals surface area contributed by atoms with Crippen LogP contribution in [0.2, 0.25) is 5.02 Å². The van der Waals surface area contributed by atoms with Crippen LogP contribution in [-0.4, -0.2) is 55.7 Å².